The molecule has 6 heteroatoms. The number of carbonyl (C=O) groups is 2. The number of nitrogens with two attached hydrogens (primary N) is 1. The Bertz CT molecular complexity index is 310. The first kappa shape index (κ1) is 16.9. The van der Waals surface area contributed by atoms with Crippen LogP contribution in [0.3, 0.4) is 0 Å². The lowest BCUT2D eigenvalue weighted by molar-refractivity contribution is -0.136. The third kappa shape index (κ3) is 5.88. The van der Waals surface area contributed by atoms with Gasteiger partial charge in [0.2, 0.25) is 11.8 Å². The molecule has 3 N–H and O–H groups in total. The first-order valence-electron chi connectivity index (χ1n) is 7.52. The van der Waals surface area contributed by atoms with Crippen LogP contribution in [0.5, 0.6) is 0 Å². The zero-order chi connectivity index (χ0) is 14.8. The summed E-state index contributed by atoms with van der Waals surface area (Å²) in [4.78, 5) is 25.8. The molecule has 1 aliphatic heterocycles. The molecule has 0 spiro atoms. The van der Waals surface area contributed by atoms with Crippen molar-refractivity contribution >= 4 is 11.8 Å². The van der Waals surface area contributed by atoms with Crippen molar-refractivity contribution in [1.82, 2.24) is 10.2 Å². The fourth-order valence-electron chi connectivity index (χ4n) is 2.39. The lowest BCUT2D eigenvalue weighted by Crippen LogP contribution is -2.46. The van der Waals surface area contributed by atoms with Crippen LogP contribution in [0, 0.1) is 5.92 Å². The van der Waals surface area contributed by atoms with Gasteiger partial charge in [0, 0.05) is 45.8 Å². The summed E-state index contributed by atoms with van der Waals surface area (Å²) in [7, 11) is 0. The van der Waals surface area contributed by atoms with Crippen LogP contribution in [0.1, 0.15) is 32.6 Å². The number of likely N-dealkylation sites (tertiary alicyclic amines) is 1. The van der Waals surface area contributed by atoms with E-state index in [-0.39, 0.29) is 17.7 Å². The molecule has 1 rings (SSSR count). The van der Waals surface area contributed by atoms with Crippen molar-refractivity contribution in [2.75, 3.05) is 39.4 Å². The highest BCUT2D eigenvalue weighted by Crippen LogP contribution is 2.17. The van der Waals surface area contributed by atoms with Crippen molar-refractivity contribution < 1.29 is 14.3 Å². The van der Waals surface area contributed by atoms with Gasteiger partial charge in [-0.15, -0.1) is 0 Å². The van der Waals surface area contributed by atoms with Gasteiger partial charge in [-0.25, -0.2) is 0 Å². The average Bonchev–Trinajstić information content (AvgIpc) is 2.49. The number of hydrogen-bond donors (Lipinski definition) is 2. The zero-order valence-corrected chi connectivity index (χ0v) is 12.4. The Morgan fingerprint density at radius 2 is 2.25 bits per heavy atom. The fraction of sp³-hybridized carbons (Fsp3) is 0.857. The van der Waals surface area contributed by atoms with Gasteiger partial charge < -0.3 is 20.7 Å². The fourth-order valence-corrected chi connectivity index (χ4v) is 2.39. The average molecular weight is 285 g/mol. The van der Waals surface area contributed by atoms with Crippen LogP contribution in [-0.4, -0.2) is 56.1 Å². The smallest absolute Gasteiger partial charge is 0.224 e. The molecule has 1 atom stereocenters. The van der Waals surface area contributed by atoms with Crippen LogP contribution < -0.4 is 11.1 Å². The maximum absolute atomic E-state index is 12.1. The molecule has 0 aromatic heterocycles. The molecule has 1 fully saturated rings. The summed E-state index contributed by atoms with van der Waals surface area (Å²) < 4.78 is 5.23. The summed E-state index contributed by atoms with van der Waals surface area (Å²) in [5.41, 5.74) is 5.37. The van der Waals surface area contributed by atoms with Gasteiger partial charge in [0.15, 0.2) is 0 Å². The van der Waals surface area contributed by atoms with Crippen LogP contribution in [0.2, 0.25) is 0 Å². The second-order valence-corrected chi connectivity index (χ2v) is 5.06. The summed E-state index contributed by atoms with van der Waals surface area (Å²) >= 11 is 0. The number of hydrogen-bond acceptors (Lipinski definition) is 4. The number of nitrogens with one attached hydrogen (secondary N) is 1. The minimum atomic E-state index is -0.0915. The summed E-state index contributed by atoms with van der Waals surface area (Å²) in [5.74, 6) is 0.0504. The highest BCUT2D eigenvalue weighted by atomic mass is 16.5. The normalized spacial score (nSPS) is 18.9. The molecule has 1 aliphatic rings. The lowest BCUT2D eigenvalue weighted by Gasteiger charge is -2.32. The van der Waals surface area contributed by atoms with Gasteiger partial charge >= 0.3 is 0 Å². The molecule has 6 nitrogen and oxygen atoms in total. The predicted molar refractivity (Wildman–Crippen MR) is 77.1 cm³/mol. The van der Waals surface area contributed by atoms with Gasteiger partial charge in [0.1, 0.15) is 0 Å². The maximum atomic E-state index is 12.1. The minimum Gasteiger partial charge on any atom is -0.382 e. The van der Waals surface area contributed by atoms with Gasteiger partial charge in [-0.05, 0) is 26.2 Å². The number of nitrogens with zero attached hydrogens (tertiary/aromatic N) is 1. The van der Waals surface area contributed by atoms with Crippen molar-refractivity contribution in [2.24, 2.45) is 11.7 Å². The van der Waals surface area contributed by atoms with E-state index in [0.717, 1.165) is 25.8 Å². The SMILES string of the molecule is CCOCCCC(=O)N1CCCC(C(=O)NCCN)C1. The summed E-state index contributed by atoms with van der Waals surface area (Å²) in [5, 5.41) is 2.80. The quantitative estimate of drug-likeness (QED) is 0.620. The van der Waals surface area contributed by atoms with E-state index in [0.29, 0.717) is 39.3 Å². The lowest BCUT2D eigenvalue weighted by atomic mass is 9.96. The third-order valence-electron chi connectivity index (χ3n) is 3.47. The summed E-state index contributed by atoms with van der Waals surface area (Å²) in [6.45, 7) is 5.48. The summed E-state index contributed by atoms with van der Waals surface area (Å²) in [6, 6.07) is 0. The molecular formula is C14H27N3O3. The second-order valence-electron chi connectivity index (χ2n) is 5.06. The summed E-state index contributed by atoms with van der Waals surface area (Å²) in [6.07, 6.45) is 2.97. The van der Waals surface area contributed by atoms with Gasteiger partial charge in [0.25, 0.3) is 0 Å². The molecule has 0 aromatic carbocycles. The largest absolute Gasteiger partial charge is 0.382 e. The number of ether oxygens (including phenoxy) is 1. The molecule has 20 heavy (non-hydrogen) atoms. The third-order valence-corrected chi connectivity index (χ3v) is 3.47. The van der Waals surface area contributed by atoms with Crippen molar-refractivity contribution in [3.63, 3.8) is 0 Å². The molecule has 0 aromatic rings. The standard InChI is InChI=1S/C14H27N3O3/c1-2-20-10-4-6-13(18)17-9-3-5-12(11-17)14(19)16-8-7-15/h12H,2-11,15H2,1H3,(H,16,19). The van der Waals surface area contributed by atoms with E-state index >= 15 is 0 Å². The molecule has 0 aliphatic carbocycles. The Labute approximate surface area is 121 Å². The number of amides is 2. The Morgan fingerprint density at radius 1 is 1.45 bits per heavy atom. The van der Waals surface area contributed by atoms with Crippen molar-refractivity contribution in [3.8, 4) is 0 Å². The van der Waals surface area contributed by atoms with Crippen molar-refractivity contribution in [2.45, 2.75) is 32.6 Å². The Hall–Kier alpha value is -1.14. The molecule has 0 radical (unpaired) electrons. The van der Waals surface area contributed by atoms with Crippen LogP contribution in [-0.2, 0) is 14.3 Å². The van der Waals surface area contributed by atoms with Gasteiger partial charge in [-0.1, -0.05) is 0 Å². The van der Waals surface area contributed by atoms with Crippen molar-refractivity contribution in [1.29, 1.82) is 0 Å². The van der Waals surface area contributed by atoms with E-state index in [2.05, 4.69) is 5.32 Å². The Kier molecular flexibility index (Phi) is 8.22. The number of piperidine rings is 1. The van der Waals surface area contributed by atoms with Crippen LogP contribution in [0.15, 0.2) is 0 Å². The van der Waals surface area contributed by atoms with E-state index in [1.165, 1.54) is 0 Å². The first-order chi connectivity index (χ1) is 9.69. The van der Waals surface area contributed by atoms with Crippen molar-refractivity contribution in [3.05, 3.63) is 0 Å². The zero-order valence-electron chi connectivity index (χ0n) is 12.4. The molecule has 0 bridgehead atoms. The number of carbonyl (C=O) groups excluding carboxylic acids is 2. The van der Waals surface area contributed by atoms with E-state index in [4.69, 9.17) is 10.5 Å². The Balaban J connectivity index is 2.32. The second kappa shape index (κ2) is 9.72. The van der Waals surface area contributed by atoms with E-state index in [1.807, 2.05) is 11.8 Å². The molecule has 1 saturated heterocycles. The number of rotatable bonds is 8. The maximum Gasteiger partial charge on any atom is 0.224 e. The van der Waals surface area contributed by atoms with Crippen LogP contribution >= 0.6 is 0 Å². The van der Waals surface area contributed by atoms with E-state index < -0.39 is 0 Å². The van der Waals surface area contributed by atoms with Gasteiger partial charge in [0.05, 0.1) is 5.92 Å². The molecule has 1 unspecified atom stereocenters. The predicted octanol–water partition coefficient (Wildman–Crippen LogP) is 0.117. The van der Waals surface area contributed by atoms with E-state index in [1.54, 1.807) is 0 Å². The molecule has 1 heterocycles. The Morgan fingerprint density at radius 3 is 2.95 bits per heavy atom. The van der Waals surface area contributed by atoms with Crippen LogP contribution in [0.4, 0.5) is 0 Å². The molecule has 0 saturated carbocycles. The molecular weight excluding hydrogens is 258 g/mol. The monoisotopic (exact) mass is 285 g/mol. The first-order valence-corrected chi connectivity index (χ1v) is 7.52. The van der Waals surface area contributed by atoms with Gasteiger partial charge in [-0.2, -0.15) is 0 Å². The molecule has 2 amide bonds. The topological polar surface area (TPSA) is 84.7 Å². The van der Waals surface area contributed by atoms with Crippen LogP contribution in [0.25, 0.3) is 0 Å². The van der Waals surface area contributed by atoms with Gasteiger partial charge in [-0.3, -0.25) is 9.59 Å². The minimum absolute atomic E-state index is 0.0160. The van der Waals surface area contributed by atoms with E-state index in [9.17, 15) is 9.59 Å². The molecule has 116 valence electrons. The highest BCUT2D eigenvalue weighted by Gasteiger charge is 2.27. The highest BCUT2D eigenvalue weighted by molar-refractivity contribution is 5.81.